The van der Waals surface area contributed by atoms with Crippen LogP contribution in [0.2, 0.25) is 4.34 Å². The maximum Gasteiger partial charge on any atom is 0.226 e. The summed E-state index contributed by atoms with van der Waals surface area (Å²) < 4.78 is 0.784. The van der Waals surface area contributed by atoms with E-state index >= 15 is 0 Å². The Hall–Kier alpha value is -1.39. The minimum absolute atomic E-state index is 0.0360. The molecule has 1 N–H and O–H groups in total. The summed E-state index contributed by atoms with van der Waals surface area (Å²) in [4.78, 5) is 16.9. The minimum Gasteiger partial charge on any atom is -0.317 e. The smallest absolute Gasteiger partial charge is 0.226 e. The van der Waals surface area contributed by atoms with Gasteiger partial charge in [0, 0.05) is 29.3 Å². The van der Waals surface area contributed by atoms with E-state index in [-0.39, 0.29) is 5.91 Å². The molecule has 2 aromatic rings. The third-order valence-electron chi connectivity index (χ3n) is 4.31. The van der Waals surface area contributed by atoms with E-state index in [9.17, 15) is 10.1 Å². The molecule has 25 heavy (non-hydrogen) atoms. The van der Waals surface area contributed by atoms with E-state index in [1.165, 1.54) is 16.2 Å². The van der Waals surface area contributed by atoms with Crippen molar-refractivity contribution >= 4 is 45.2 Å². The molecule has 2 heterocycles. The highest BCUT2D eigenvalue weighted by molar-refractivity contribution is 7.16. The second kappa shape index (κ2) is 8.33. The molecule has 3 rings (SSSR count). The van der Waals surface area contributed by atoms with Gasteiger partial charge in [-0.2, -0.15) is 5.26 Å². The van der Waals surface area contributed by atoms with E-state index in [4.69, 9.17) is 11.6 Å². The van der Waals surface area contributed by atoms with Gasteiger partial charge in [0.05, 0.1) is 9.90 Å². The van der Waals surface area contributed by atoms with Crippen LogP contribution >= 0.6 is 34.3 Å². The van der Waals surface area contributed by atoms with E-state index in [0.717, 1.165) is 40.7 Å². The maximum atomic E-state index is 12.3. The normalized spacial score (nSPS) is 13.5. The van der Waals surface area contributed by atoms with E-state index in [1.54, 1.807) is 22.7 Å². The fourth-order valence-electron chi connectivity index (χ4n) is 3.04. The van der Waals surface area contributed by atoms with Crippen LogP contribution in [0.1, 0.15) is 40.1 Å². The number of anilines is 1. The molecule has 0 spiro atoms. The Morgan fingerprint density at radius 1 is 1.36 bits per heavy atom. The molecule has 0 bridgehead atoms. The number of hydrogen-bond acceptors (Lipinski definition) is 5. The molecular formula is C18H20ClN3OS2. The summed E-state index contributed by atoms with van der Waals surface area (Å²) in [6.07, 6.45) is 4.68. The molecule has 132 valence electrons. The molecule has 2 aromatic heterocycles. The number of hydrogen-bond donors (Lipinski definition) is 1. The first-order chi connectivity index (χ1) is 12.1. The number of halogens is 1. The van der Waals surface area contributed by atoms with Crippen LogP contribution in [0.3, 0.4) is 0 Å². The average Bonchev–Trinajstić information content (AvgIpc) is 3.15. The molecule has 1 aliphatic carbocycles. The Bertz CT molecular complexity index is 806. The van der Waals surface area contributed by atoms with Crippen LogP contribution in [-0.4, -0.2) is 24.4 Å². The van der Waals surface area contributed by atoms with Gasteiger partial charge in [-0.15, -0.1) is 22.7 Å². The fourth-order valence-corrected chi connectivity index (χ4v) is 5.46. The number of nitriles is 1. The van der Waals surface area contributed by atoms with Crippen molar-refractivity contribution in [2.24, 2.45) is 0 Å². The largest absolute Gasteiger partial charge is 0.317 e. The standard InChI is InChI=1S/C18H20ClN3OS2/c1-22(11-12-6-7-16(19)24-12)9-8-17(23)21-18-14(10-20)13-4-2-3-5-15(13)25-18/h6-7H,2-5,8-9,11H2,1H3,(H,21,23). The van der Waals surface area contributed by atoms with E-state index in [2.05, 4.69) is 16.3 Å². The first-order valence-electron chi connectivity index (χ1n) is 8.34. The molecule has 1 amide bonds. The maximum absolute atomic E-state index is 12.3. The van der Waals surface area contributed by atoms with Gasteiger partial charge in [-0.3, -0.25) is 4.79 Å². The Balaban J connectivity index is 1.54. The van der Waals surface area contributed by atoms with Crippen LogP contribution in [-0.2, 0) is 24.2 Å². The lowest BCUT2D eigenvalue weighted by molar-refractivity contribution is -0.116. The highest BCUT2D eigenvalue weighted by Gasteiger charge is 2.21. The lowest BCUT2D eigenvalue weighted by atomic mass is 9.96. The molecule has 0 saturated heterocycles. The molecule has 1 aliphatic rings. The van der Waals surface area contributed by atoms with Crippen molar-refractivity contribution in [3.8, 4) is 6.07 Å². The van der Waals surface area contributed by atoms with Crippen LogP contribution in [0.25, 0.3) is 0 Å². The van der Waals surface area contributed by atoms with E-state index < -0.39 is 0 Å². The zero-order valence-electron chi connectivity index (χ0n) is 14.1. The number of fused-ring (bicyclic) bond motifs is 1. The molecule has 0 saturated carbocycles. The van der Waals surface area contributed by atoms with Gasteiger partial charge in [-0.05, 0) is 50.4 Å². The lowest BCUT2D eigenvalue weighted by Gasteiger charge is -2.15. The SMILES string of the molecule is CN(CCC(=O)Nc1sc2c(c1C#N)CCCC2)Cc1ccc(Cl)s1. The molecule has 0 atom stereocenters. The second-order valence-electron chi connectivity index (χ2n) is 6.27. The third kappa shape index (κ3) is 4.62. The molecule has 0 aromatic carbocycles. The highest BCUT2D eigenvalue weighted by Crippen LogP contribution is 2.37. The number of carbonyl (C=O) groups excluding carboxylic acids is 1. The highest BCUT2D eigenvalue weighted by atomic mass is 35.5. The predicted molar refractivity (Wildman–Crippen MR) is 105 cm³/mol. The van der Waals surface area contributed by atoms with Crippen molar-refractivity contribution in [3.63, 3.8) is 0 Å². The van der Waals surface area contributed by atoms with Gasteiger partial charge in [-0.1, -0.05) is 11.6 Å². The topological polar surface area (TPSA) is 56.1 Å². The van der Waals surface area contributed by atoms with Crippen molar-refractivity contribution in [2.45, 2.75) is 38.6 Å². The van der Waals surface area contributed by atoms with Crippen molar-refractivity contribution in [1.29, 1.82) is 5.26 Å². The summed E-state index contributed by atoms with van der Waals surface area (Å²) in [5.41, 5.74) is 1.83. The molecule has 4 nitrogen and oxygen atoms in total. The summed E-state index contributed by atoms with van der Waals surface area (Å²) in [7, 11) is 1.99. The summed E-state index contributed by atoms with van der Waals surface area (Å²) in [6, 6.07) is 6.19. The van der Waals surface area contributed by atoms with Crippen molar-refractivity contribution < 1.29 is 4.79 Å². The Morgan fingerprint density at radius 2 is 2.16 bits per heavy atom. The fraction of sp³-hybridized carbons (Fsp3) is 0.444. The Morgan fingerprint density at radius 3 is 2.88 bits per heavy atom. The lowest BCUT2D eigenvalue weighted by Crippen LogP contribution is -2.23. The van der Waals surface area contributed by atoms with Crippen LogP contribution in [0.15, 0.2) is 12.1 Å². The van der Waals surface area contributed by atoms with Crippen molar-refractivity contribution in [2.75, 3.05) is 18.9 Å². The van der Waals surface area contributed by atoms with Crippen molar-refractivity contribution in [1.82, 2.24) is 4.90 Å². The van der Waals surface area contributed by atoms with Gasteiger partial charge in [0.25, 0.3) is 0 Å². The summed E-state index contributed by atoms with van der Waals surface area (Å²) in [5, 5.41) is 13.1. The Labute approximate surface area is 161 Å². The number of aryl methyl sites for hydroxylation is 1. The zero-order chi connectivity index (χ0) is 17.8. The number of amides is 1. The number of rotatable bonds is 6. The predicted octanol–water partition coefficient (Wildman–Crippen LogP) is 4.67. The summed E-state index contributed by atoms with van der Waals surface area (Å²) in [5.74, 6) is -0.0360. The van der Waals surface area contributed by atoms with Gasteiger partial charge in [0.2, 0.25) is 5.91 Å². The molecule has 0 aliphatic heterocycles. The number of thiophene rings is 2. The number of nitrogens with one attached hydrogen (secondary N) is 1. The molecular weight excluding hydrogens is 374 g/mol. The van der Waals surface area contributed by atoms with E-state index in [0.29, 0.717) is 18.5 Å². The quantitative estimate of drug-likeness (QED) is 0.775. The van der Waals surface area contributed by atoms with Crippen LogP contribution in [0.5, 0.6) is 0 Å². The molecule has 0 radical (unpaired) electrons. The average molecular weight is 394 g/mol. The molecule has 0 fully saturated rings. The number of nitrogens with zero attached hydrogens (tertiary/aromatic N) is 2. The van der Waals surface area contributed by atoms with Gasteiger partial charge < -0.3 is 10.2 Å². The Kier molecular flexibility index (Phi) is 6.13. The first kappa shape index (κ1) is 18.4. The second-order valence-corrected chi connectivity index (χ2v) is 9.17. The van der Waals surface area contributed by atoms with Crippen LogP contribution in [0, 0.1) is 11.3 Å². The summed E-state index contributed by atoms with van der Waals surface area (Å²) in [6.45, 7) is 1.44. The van der Waals surface area contributed by atoms with Gasteiger partial charge in [0.1, 0.15) is 11.1 Å². The van der Waals surface area contributed by atoms with Gasteiger partial charge >= 0.3 is 0 Å². The van der Waals surface area contributed by atoms with Gasteiger partial charge in [-0.25, -0.2) is 0 Å². The van der Waals surface area contributed by atoms with Gasteiger partial charge in [0.15, 0.2) is 0 Å². The van der Waals surface area contributed by atoms with Crippen molar-refractivity contribution in [3.05, 3.63) is 37.4 Å². The van der Waals surface area contributed by atoms with Crippen LogP contribution in [0.4, 0.5) is 5.00 Å². The third-order valence-corrected chi connectivity index (χ3v) is 6.73. The summed E-state index contributed by atoms with van der Waals surface area (Å²) >= 11 is 9.08. The minimum atomic E-state index is -0.0360. The monoisotopic (exact) mass is 393 g/mol. The van der Waals surface area contributed by atoms with Crippen LogP contribution < -0.4 is 5.32 Å². The molecule has 7 heteroatoms. The first-order valence-corrected chi connectivity index (χ1v) is 10.3. The van der Waals surface area contributed by atoms with E-state index in [1.807, 2.05) is 19.2 Å². The molecule has 0 unspecified atom stereocenters. The zero-order valence-corrected chi connectivity index (χ0v) is 16.5. The number of carbonyl (C=O) groups is 1.